The summed E-state index contributed by atoms with van der Waals surface area (Å²) in [4.78, 5) is 2.69. The van der Waals surface area contributed by atoms with Crippen LogP contribution in [-0.4, -0.2) is 34.5 Å². The van der Waals surface area contributed by atoms with E-state index in [0.717, 1.165) is 31.1 Å². The van der Waals surface area contributed by atoms with Gasteiger partial charge in [0.05, 0.1) is 11.4 Å². The molecule has 2 atom stereocenters. The van der Waals surface area contributed by atoms with Crippen LogP contribution in [0, 0.1) is 0 Å². The second kappa shape index (κ2) is 5.76. The van der Waals surface area contributed by atoms with E-state index in [2.05, 4.69) is 35.4 Å². The van der Waals surface area contributed by atoms with E-state index in [1.165, 1.54) is 43.5 Å². The molecule has 0 saturated carbocycles. The number of aromatic nitrogens is 2. The first kappa shape index (κ1) is 13.9. The number of piperidine rings is 1. The zero-order chi connectivity index (χ0) is 14.1. The third-order valence-corrected chi connectivity index (χ3v) is 4.91. The minimum atomic E-state index is 0.720. The number of nitrogens with one attached hydrogen (secondary N) is 1. The summed E-state index contributed by atoms with van der Waals surface area (Å²) >= 11 is 0. The van der Waals surface area contributed by atoms with E-state index >= 15 is 0 Å². The van der Waals surface area contributed by atoms with Gasteiger partial charge in [0, 0.05) is 31.4 Å². The van der Waals surface area contributed by atoms with Crippen LogP contribution in [-0.2, 0) is 13.5 Å². The Morgan fingerprint density at radius 3 is 2.55 bits per heavy atom. The first-order valence-corrected chi connectivity index (χ1v) is 8.27. The minimum absolute atomic E-state index is 0.720. The number of aryl methyl sites for hydroxylation is 2. The lowest BCUT2D eigenvalue weighted by Gasteiger charge is -2.40. The highest BCUT2D eigenvalue weighted by atomic mass is 15.3. The third-order valence-electron chi connectivity index (χ3n) is 4.91. The molecule has 0 spiro atoms. The second-order valence-corrected chi connectivity index (χ2v) is 6.40. The monoisotopic (exact) mass is 276 g/mol. The van der Waals surface area contributed by atoms with E-state index in [-0.39, 0.29) is 0 Å². The van der Waals surface area contributed by atoms with Crippen molar-refractivity contribution >= 4 is 5.69 Å². The van der Waals surface area contributed by atoms with Gasteiger partial charge in [-0.1, -0.05) is 13.8 Å². The highest BCUT2D eigenvalue weighted by molar-refractivity contribution is 5.53. The molecule has 2 saturated heterocycles. The summed E-state index contributed by atoms with van der Waals surface area (Å²) in [7, 11) is 2.04. The second-order valence-electron chi connectivity index (χ2n) is 6.40. The van der Waals surface area contributed by atoms with Crippen LogP contribution in [0.4, 0.5) is 5.69 Å². The van der Waals surface area contributed by atoms with E-state index in [0.29, 0.717) is 0 Å². The highest BCUT2D eigenvalue weighted by Gasteiger charge is 2.41. The molecule has 3 rings (SSSR count). The van der Waals surface area contributed by atoms with Crippen molar-refractivity contribution in [3.05, 3.63) is 11.9 Å². The lowest BCUT2D eigenvalue weighted by molar-refractivity contribution is 0.356. The fraction of sp³-hybridized carbons (Fsp3) is 0.812. The first-order valence-electron chi connectivity index (χ1n) is 8.27. The van der Waals surface area contributed by atoms with Crippen molar-refractivity contribution in [3.8, 4) is 0 Å². The van der Waals surface area contributed by atoms with Gasteiger partial charge >= 0.3 is 0 Å². The van der Waals surface area contributed by atoms with Gasteiger partial charge in [-0.15, -0.1) is 0 Å². The molecular weight excluding hydrogens is 248 g/mol. The molecule has 0 aliphatic carbocycles. The predicted octanol–water partition coefficient (Wildman–Crippen LogP) is 2.48. The highest BCUT2D eigenvalue weighted by Crippen LogP contribution is 2.40. The van der Waals surface area contributed by atoms with E-state index in [1.54, 1.807) is 0 Å². The summed E-state index contributed by atoms with van der Waals surface area (Å²) in [6.45, 7) is 5.63. The fourth-order valence-corrected chi connectivity index (χ4v) is 4.08. The summed E-state index contributed by atoms with van der Waals surface area (Å²) in [6, 6.07) is 2.17. The van der Waals surface area contributed by atoms with Crippen molar-refractivity contribution in [1.29, 1.82) is 0 Å². The zero-order valence-corrected chi connectivity index (χ0v) is 13.1. The van der Waals surface area contributed by atoms with Gasteiger partial charge in [0.2, 0.25) is 0 Å². The quantitative estimate of drug-likeness (QED) is 0.897. The van der Waals surface area contributed by atoms with Crippen molar-refractivity contribution in [2.24, 2.45) is 7.05 Å². The van der Waals surface area contributed by atoms with Crippen molar-refractivity contribution in [2.45, 2.75) is 70.5 Å². The van der Waals surface area contributed by atoms with E-state index in [1.807, 2.05) is 11.7 Å². The van der Waals surface area contributed by atoms with E-state index in [9.17, 15) is 0 Å². The molecule has 20 heavy (non-hydrogen) atoms. The van der Waals surface area contributed by atoms with Crippen LogP contribution in [0.5, 0.6) is 0 Å². The predicted molar refractivity (Wildman–Crippen MR) is 83.2 cm³/mol. The Morgan fingerprint density at radius 1 is 1.25 bits per heavy atom. The van der Waals surface area contributed by atoms with Crippen LogP contribution in [0.15, 0.2) is 6.20 Å². The maximum atomic E-state index is 4.63. The third kappa shape index (κ3) is 2.46. The van der Waals surface area contributed by atoms with Gasteiger partial charge in [-0.05, 0) is 45.1 Å². The molecule has 1 aromatic rings. The molecule has 2 bridgehead atoms. The number of anilines is 1. The van der Waals surface area contributed by atoms with Gasteiger partial charge in [0.15, 0.2) is 0 Å². The van der Waals surface area contributed by atoms with Gasteiger partial charge in [0.1, 0.15) is 0 Å². The number of fused-ring (bicyclic) bond motifs is 2. The van der Waals surface area contributed by atoms with Gasteiger partial charge in [-0.2, -0.15) is 5.10 Å². The van der Waals surface area contributed by atoms with Crippen LogP contribution >= 0.6 is 0 Å². The van der Waals surface area contributed by atoms with Gasteiger partial charge in [0.25, 0.3) is 0 Å². The summed E-state index contributed by atoms with van der Waals surface area (Å²) < 4.78 is 1.98. The van der Waals surface area contributed by atoms with Gasteiger partial charge < -0.3 is 10.2 Å². The Morgan fingerprint density at radius 2 is 1.95 bits per heavy atom. The van der Waals surface area contributed by atoms with Gasteiger partial charge in [-0.3, -0.25) is 4.68 Å². The lowest BCUT2D eigenvalue weighted by atomic mass is 9.96. The number of hydrogen-bond acceptors (Lipinski definition) is 3. The van der Waals surface area contributed by atoms with Crippen LogP contribution in [0.2, 0.25) is 0 Å². The molecule has 2 aliphatic rings. The topological polar surface area (TPSA) is 33.1 Å². The normalized spacial score (nSPS) is 29.1. The van der Waals surface area contributed by atoms with Crippen molar-refractivity contribution in [3.63, 3.8) is 0 Å². The maximum Gasteiger partial charge on any atom is 0.0855 e. The Labute approximate surface area is 122 Å². The molecule has 0 radical (unpaired) electrons. The average Bonchev–Trinajstić information content (AvgIpc) is 2.93. The molecule has 1 N–H and O–H groups in total. The number of nitrogens with zero attached hydrogens (tertiary/aromatic N) is 3. The minimum Gasteiger partial charge on any atom is -0.363 e. The molecule has 4 heteroatoms. The molecular formula is C16H28N4. The van der Waals surface area contributed by atoms with Gasteiger partial charge in [-0.25, -0.2) is 0 Å². The molecule has 4 nitrogen and oxygen atoms in total. The fourth-order valence-electron chi connectivity index (χ4n) is 4.08. The van der Waals surface area contributed by atoms with Crippen LogP contribution < -0.4 is 10.2 Å². The zero-order valence-electron chi connectivity index (χ0n) is 13.1. The Hall–Kier alpha value is -1.03. The summed E-state index contributed by atoms with van der Waals surface area (Å²) in [6.07, 6.45) is 9.80. The van der Waals surface area contributed by atoms with E-state index in [4.69, 9.17) is 0 Å². The van der Waals surface area contributed by atoms with Crippen LogP contribution in [0.3, 0.4) is 0 Å². The summed E-state index contributed by atoms with van der Waals surface area (Å²) in [5, 5.41) is 8.36. The Bertz CT molecular complexity index is 439. The summed E-state index contributed by atoms with van der Waals surface area (Å²) in [5.41, 5.74) is 2.67. The molecule has 2 aliphatic heterocycles. The van der Waals surface area contributed by atoms with Crippen LogP contribution in [0.25, 0.3) is 0 Å². The molecule has 0 amide bonds. The lowest BCUT2D eigenvalue weighted by Crippen LogP contribution is -2.49. The van der Waals surface area contributed by atoms with Crippen LogP contribution in [0.1, 0.15) is 51.6 Å². The molecule has 112 valence electrons. The Balaban J connectivity index is 1.76. The van der Waals surface area contributed by atoms with Crippen molar-refractivity contribution < 1.29 is 0 Å². The first-order chi connectivity index (χ1) is 9.72. The number of rotatable bonds is 5. The number of hydrogen-bond donors (Lipinski definition) is 1. The molecule has 3 heterocycles. The summed E-state index contributed by atoms with van der Waals surface area (Å²) in [5.74, 6) is 0. The van der Waals surface area contributed by atoms with Crippen molar-refractivity contribution in [2.75, 3.05) is 11.4 Å². The molecule has 2 fully saturated rings. The molecule has 1 aromatic heterocycles. The Kier molecular flexibility index (Phi) is 4.01. The maximum absolute atomic E-state index is 4.63. The van der Waals surface area contributed by atoms with Crippen molar-refractivity contribution in [1.82, 2.24) is 15.1 Å². The standard InChI is InChI=1S/C16H28N4/c1-4-8-17-12-9-13-6-7-14(10-12)20(13)16-11-19(3)18-15(16)5-2/h11-14,17H,4-10H2,1-3H3. The smallest absolute Gasteiger partial charge is 0.0855 e. The van der Waals surface area contributed by atoms with E-state index < -0.39 is 0 Å². The molecule has 0 aromatic carbocycles. The average molecular weight is 276 g/mol. The SMILES string of the molecule is CCCNC1CC2CCC(C1)N2c1cn(C)nc1CC. The largest absolute Gasteiger partial charge is 0.363 e. The molecule has 2 unspecified atom stereocenters.